The largest absolute Gasteiger partial charge is 0.395 e. The smallest absolute Gasteiger partial charge is 0.0585 e. The number of aliphatic hydroxyl groups is 1. The van der Waals surface area contributed by atoms with Crippen LogP contribution in [0.1, 0.15) is 24.8 Å². The highest BCUT2D eigenvalue weighted by atomic mass is 35.5. The lowest BCUT2D eigenvalue weighted by molar-refractivity contribution is 0.239. The van der Waals surface area contributed by atoms with Crippen molar-refractivity contribution in [3.8, 4) is 0 Å². The van der Waals surface area contributed by atoms with E-state index in [-0.39, 0.29) is 12.6 Å². The zero-order valence-electron chi connectivity index (χ0n) is 10.4. The molecule has 1 saturated carbocycles. The second-order valence-corrected chi connectivity index (χ2v) is 6.27. The third-order valence-electron chi connectivity index (χ3n) is 3.10. The highest BCUT2D eigenvalue weighted by Gasteiger charge is 2.23. The number of rotatable bonds is 8. The van der Waals surface area contributed by atoms with Crippen molar-refractivity contribution in [3.05, 3.63) is 34.9 Å². The topological polar surface area (TPSA) is 32.3 Å². The summed E-state index contributed by atoms with van der Waals surface area (Å²) in [5.74, 6) is 2.00. The van der Waals surface area contributed by atoms with E-state index in [9.17, 15) is 5.11 Å². The van der Waals surface area contributed by atoms with Crippen molar-refractivity contribution in [1.82, 2.24) is 5.32 Å². The van der Waals surface area contributed by atoms with Crippen LogP contribution >= 0.6 is 23.4 Å². The summed E-state index contributed by atoms with van der Waals surface area (Å²) in [6.45, 7) is 0.239. The Morgan fingerprint density at radius 2 is 2.17 bits per heavy atom. The van der Waals surface area contributed by atoms with Gasteiger partial charge in [-0.15, -0.1) is 0 Å². The number of hydrogen-bond donors (Lipinski definition) is 2. The molecule has 1 fully saturated rings. The van der Waals surface area contributed by atoms with Gasteiger partial charge in [0.25, 0.3) is 0 Å². The van der Waals surface area contributed by atoms with E-state index in [0.29, 0.717) is 6.04 Å². The number of benzene rings is 1. The molecule has 100 valence electrons. The van der Waals surface area contributed by atoms with E-state index < -0.39 is 0 Å². The zero-order chi connectivity index (χ0) is 12.8. The van der Waals surface area contributed by atoms with Gasteiger partial charge in [-0.3, -0.25) is 0 Å². The van der Waals surface area contributed by atoms with E-state index in [4.69, 9.17) is 11.6 Å². The highest BCUT2D eigenvalue weighted by molar-refractivity contribution is 7.98. The standard InChI is InChI=1S/C14H20ClNOS/c15-14-4-2-1-3-11(14)10-18-8-7-13(9-17)16-12-5-6-12/h1-4,12-13,16-17H,5-10H2. The minimum Gasteiger partial charge on any atom is -0.395 e. The second kappa shape index (κ2) is 7.39. The Morgan fingerprint density at radius 3 is 2.83 bits per heavy atom. The average Bonchev–Trinajstić information content (AvgIpc) is 3.19. The lowest BCUT2D eigenvalue weighted by atomic mass is 10.2. The van der Waals surface area contributed by atoms with Gasteiger partial charge in [0.05, 0.1) is 6.61 Å². The first-order valence-electron chi connectivity index (χ1n) is 6.47. The molecule has 1 aliphatic rings. The van der Waals surface area contributed by atoms with Gasteiger partial charge in [-0.25, -0.2) is 0 Å². The first-order valence-corrected chi connectivity index (χ1v) is 8.01. The molecule has 0 spiro atoms. The fraction of sp³-hybridized carbons (Fsp3) is 0.571. The molecule has 0 radical (unpaired) electrons. The van der Waals surface area contributed by atoms with Gasteiger partial charge in [-0.05, 0) is 36.6 Å². The van der Waals surface area contributed by atoms with Gasteiger partial charge in [-0.1, -0.05) is 29.8 Å². The van der Waals surface area contributed by atoms with Crippen molar-refractivity contribution < 1.29 is 5.11 Å². The van der Waals surface area contributed by atoms with Crippen LogP contribution in [0.15, 0.2) is 24.3 Å². The summed E-state index contributed by atoms with van der Waals surface area (Å²) in [4.78, 5) is 0. The molecule has 18 heavy (non-hydrogen) atoms. The minimum absolute atomic E-state index is 0.239. The normalized spacial score (nSPS) is 16.8. The van der Waals surface area contributed by atoms with Crippen molar-refractivity contribution >= 4 is 23.4 Å². The maximum atomic E-state index is 9.27. The number of halogens is 1. The summed E-state index contributed by atoms with van der Waals surface area (Å²) < 4.78 is 0. The quantitative estimate of drug-likeness (QED) is 0.720. The second-order valence-electron chi connectivity index (χ2n) is 4.75. The third-order valence-corrected chi connectivity index (χ3v) is 4.50. The summed E-state index contributed by atoms with van der Waals surface area (Å²) in [5.41, 5.74) is 1.19. The van der Waals surface area contributed by atoms with E-state index in [1.807, 2.05) is 30.0 Å². The van der Waals surface area contributed by atoms with E-state index in [0.717, 1.165) is 22.9 Å². The predicted octanol–water partition coefficient (Wildman–Crippen LogP) is 3.08. The molecule has 1 aliphatic carbocycles. The molecule has 2 N–H and O–H groups in total. The molecule has 2 nitrogen and oxygen atoms in total. The van der Waals surface area contributed by atoms with Crippen LogP contribution in [0.25, 0.3) is 0 Å². The Morgan fingerprint density at radius 1 is 1.39 bits per heavy atom. The zero-order valence-corrected chi connectivity index (χ0v) is 12.0. The first kappa shape index (κ1) is 14.2. The minimum atomic E-state index is 0.239. The first-order chi connectivity index (χ1) is 8.79. The summed E-state index contributed by atoms with van der Waals surface area (Å²) in [6.07, 6.45) is 3.55. The number of hydrogen-bond acceptors (Lipinski definition) is 3. The summed E-state index contributed by atoms with van der Waals surface area (Å²) >= 11 is 7.98. The summed E-state index contributed by atoms with van der Waals surface area (Å²) in [7, 11) is 0. The molecule has 0 aliphatic heterocycles. The van der Waals surface area contributed by atoms with Crippen LogP contribution in [0.5, 0.6) is 0 Å². The van der Waals surface area contributed by atoms with Crippen LogP contribution in [0.2, 0.25) is 5.02 Å². The molecule has 1 atom stereocenters. The van der Waals surface area contributed by atoms with Gasteiger partial charge < -0.3 is 10.4 Å². The van der Waals surface area contributed by atoms with Crippen LogP contribution in [0, 0.1) is 0 Å². The molecule has 1 aromatic rings. The number of thioether (sulfide) groups is 1. The molecule has 4 heteroatoms. The Hall–Kier alpha value is -0.220. The van der Waals surface area contributed by atoms with Gasteiger partial charge >= 0.3 is 0 Å². The Balaban J connectivity index is 1.64. The molecule has 1 aromatic carbocycles. The molecule has 0 bridgehead atoms. The Bertz CT molecular complexity index is 371. The van der Waals surface area contributed by atoms with Crippen LogP contribution in [0.4, 0.5) is 0 Å². The molecule has 1 unspecified atom stereocenters. The molecule has 2 rings (SSSR count). The third kappa shape index (κ3) is 4.81. The molecule has 0 saturated heterocycles. The maximum absolute atomic E-state index is 9.27. The van der Waals surface area contributed by atoms with Crippen LogP contribution < -0.4 is 5.32 Å². The van der Waals surface area contributed by atoms with Crippen molar-refractivity contribution in [1.29, 1.82) is 0 Å². The predicted molar refractivity (Wildman–Crippen MR) is 79.3 cm³/mol. The van der Waals surface area contributed by atoms with Gasteiger partial charge in [0.15, 0.2) is 0 Å². The SMILES string of the molecule is OCC(CCSCc1ccccc1Cl)NC1CC1. The van der Waals surface area contributed by atoms with E-state index in [2.05, 4.69) is 11.4 Å². The molecule has 0 amide bonds. The lowest BCUT2D eigenvalue weighted by Gasteiger charge is -2.15. The molecule has 0 heterocycles. The van der Waals surface area contributed by atoms with Crippen molar-refractivity contribution in [3.63, 3.8) is 0 Å². The monoisotopic (exact) mass is 285 g/mol. The highest BCUT2D eigenvalue weighted by Crippen LogP contribution is 2.23. The van der Waals surface area contributed by atoms with Crippen molar-refractivity contribution in [2.24, 2.45) is 0 Å². The van der Waals surface area contributed by atoms with Gasteiger partial charge in [0.2, 0.25) is 0 Å². The summed E-state index contributed by atoms with van der Waals surface area (Å²) in [5, 5.41) is 13.6. The fourth-order valence-electron chi connectivity index (χ4n) is 1.83. The maximum Gasteiger partial charge on any atom is 0.0585 e. The Kier molecular flexibility index (Phi) is 5.83. The molecular weight excluding hydrogens is 266 g/mol. The van der Waals surface area contributed by atoms with Gasteiger partial charge in [-0.2, -0.15) is 11.8 Å². The van der Waals surface area contributed by atoms with Crippen LogP contribution in [0.3, 0.4) is 0 Å². The Labute approximate surface area is 118 Å². The summed E-state index contributed by atoms with van der Waals surface area (Å²) in [6, 6.07) is 8.90. The molecule has 0 aromatic heterocycles. The van der Waals surface area contributed by atoms with Crippen LogP contribution in [-0.4, -0.2) is 29.5 Å². The van der Waals surface area contributed by atoms with Crippen LogP contribution in [-0.2, 0) is 5.75 Å². The van der Waals surface area contributed by atoms with Crippen molar-refractivity contribution in [2.45, 2.75) is 37.1 Å². The van der Waals surface area contributed by atoms with E-state index >= 15 is 0 Å². The lowest BCUT2D eigenvalue weighted by Crippen LogP contribution is -2.34. The number of nitrogens with one attached hydrogen (secondary N) is 1. The van der Waals surface area contributed by atoms with Crippen molar-refractivity contribution in [2.75, 3.05) is 12.4 Å². The number of aliphatic hydroxyl groups excluding tert-OH is 1. The fourth-order valence-corrected chi connectivity index (χ4v) is 3.18. The van der Waals surface area contributed by atoms with E-state index in [1.54, 1.807) is 0 Å². The molecular formula is C14H20ClNOS. The van der Waals surface area contributed by atoms with Gasteiger partial charge in [0.1, 0.15) is 0 Å². The van der Waals surface area contributed by atoms with Gasteiger partial charge in [0, 0.05) is 22.9 Å². The average molecular weight is 286 g/mol. The van der Waals surface area contributed by atoms with E-state index in [1.165, 1.54) is 18.4 Å².